The van der Waals surface area contributed by atoms with Gasteiger partial charge in [-0.05, 0) is 24.9 Å². The standard InChI is InChI=1S/C17H26ClNO2/c1-5-8-20-16-7-6-15(11-19-10-13(2)3)17(9-16)21-12-14(4)18/h6-7,9,13,19H,4-5,8,10-12H2,1-3H3. The van der Waals surface area contributed by atoms with Gasteiger partial charge < -0.3 is 14.8 Å². The Morgan fingerprint density at radius 2 is 2.10 bits per heavy atom. The van der Waals surface area contributed by atoms with Crippen molar-refractivity contribution < 1.29 is 9.47 Å². The molecule has 0 atom stereocenters. The monoisotopic (exact) mass is 311 g/mol. The van der Waals surface area contributed by atoms with E-state index in [2.05, 4.69) is 32.7 Å². The molecule has 1 rings (SSSR count). The van der Waals surface area contributed by atoms with Crippen molar-refractivity contribution in [2.24, 2.45) is 5.92 Å². The lowest BCUT2D eigenvalue weighted by Crippen LogP contribution is -2.19. The number of hydrogen-bond donors (Lipinski definition) is 1. The second-order valence-corrected chi connectivity index (χ2v) is 5.98. The van der Waals surface area contributed by atoms with E-state index >= 15 is 0 Å². The predicted molar refractivity (Wildman–Crippen MR) is 89.3 cm³/mol. The summed E-state index contributed by atoms with van der Waals surface area (Å²) in [7, 11) is 0. The van der Waals surface area contributed by atoms with Crippen molar-refractivity contribution in [3.8, 4) is 11.5 Å². The van der Waals surface area contributed by atoms with Gasteiger partial charge in [-0.25, -0.2) is 0 Å². The fourth-order valence-electron chi connectivity index (χ4n) is 1.78. The van der Waals surface area contributed by atoms with Crippen LogP contribution in [0.25, 0.3) is 0 Å². The van der Waals surface area contributed by atoms with Crippen LogP contribution in [0.5, 0.6) is 11.5 Å². The molecule has 0 aliphatic rings. The molecule has 0 aliphatic carbocycles. The highest BCUT2D eigenvalue weighted by Crippen LogP contribution is 2.26. The van der Waals surface area contributed by atoms with E-state index in [0.717, 1.165) is 36.6 Å². The second kappa shape index (κ2) is 9.69. The molecule has 0 unspecified atom stereocenters. The molecule has 0 saturated heterocycles. The van der Waals surface area contributed by atoms with E-state index in [1.807, 2.05) is 18.2 Å². The minimum absolute atomic E-state index is 0.302. The first-order valence-electron chi connectivity index (χ1n) is 7.45. The van der Waals surface area contributed by atoms with Crippen LogP contribution in [0.2, 0.25) is 0 Å². The van der Waals surface area contributed by atoms with Gasteiger partial charge in [0.05, 0.1) is 6.61 Å². The average Bonchev–Trinajstić information content (AvgIpc) is 2.43. The molecule has 1 N–H and O–H groups in total. The van der Waals surface area contributed by atoms with Crippen molar-refractivity contribution in [1.29, 1.82) is 0 Å². The molecule has 0 aromatic heterocycles. The van der Waals surface area contributed by atoms with Crippen LogP contribution < -0.4 is 14.8 Å². The number of ether oxygens (including phenoxy) is 2. The molecule has 0 amide bonds. The Morgan fingerprint density at radius 1 is 1.33 bits per heavy atom. The fourth-order valence-corrected chi connectivity index (χ4v) is 1.83. The number of halogens is 1. The SMILES string of the molecule is C=C(Cl)COc1cc(OCCC)ccc1CNCC(C)C. The molecule has 4 heteroatoms. The Kier molecular flexibility index (Phi) is 8.24. The summed E-state index contributed by atoms with van der Waals surface area (Å²) in [5, 5.41) is 3.90. The van der Waals surface area contributed by atoms with E-state index in [-0.39, 0.29) is 0 Å². The number of nitrogens with one attached hydrogen (secondary N) is 1. The highest BCUT2D eigenvalue weighted by Gasteiger charge is 2.07. The molecule has 118 valence electrons. The Bertz CT molecular complexity index is 446. The Morgan fingerprint density at radius 3 is 2.71 bits per heavy atom. The van der Waals surface area contributed by atoms with E-state index in [1.165, 1.54) is 0 Å². The Labute approximate surface area is 133 Å². The zero-order chi connectivity index (χ0) is 15.7. The first kappa shape index (κ1) is 17.9. The summed E-state index contributed by atoms with van der Waals surface area (Å²) in [6.07, 6.45) is 0.979. The summed E-state index contributed by atoms with van der Waals surface area (Å²) in [4.78, 5) is 0. The molecule has 0 saturated carbocycles. The van der Waals surface area contributed by atoms with Crippen molar-refractivity contribution in [3.63, 3.8) is 0 Å². The van der Waals surface area contributed by atoms with Gasteiger partial charge in [0.25, 0.3) is 0 Å². The third-order valence-electron chi connectivity index (χ3n) is 2.76. The van der Waals surface area contributed by atoms with Crippen LogP contribution >= 0.6 is 11.6 Å². The van der Waals surface area contributed by atoms with Crippen LogP contribution in [0.3, 0.4) is 0 Å². The summed E-state index contributed by atoms with van der Waals surface area (Å²) in [6, 6.07) is 5.93. The van der Waals surface area contributed by atoms with Crippen LogP contribution in [0.15, 0.2) is 29.8 Å². The maximum Gasteiger partial charge on any atom is 0.128 e. The molecule has 1 aromatic rings. The first-order valence-corrected chi connectivity index (χ1v) is 7.83. The summed E-state index contributed by atoms with van der Waals surface area (Å²) in [5.74, 6) is 2.23. The largest absolute Gasteiger partial charge is 0.493 e. The van der Waals surface area contributed by atoms with E-state index in [4.69, 9.17) is 21.1 Å². The molecule has 0 spiro atoms. The second-order valence-electron chi connectivity index (χ2n) is 5.45. The molecule has 3 nitrogen and oxygen atoms in total. The molecule has 1 aromatic carbocycles. The number of benzene rings is 1. The lowest BCUT2D eigenvalue weighted by Gasteiger charge is -2.15. The maximum absolute atomic E-state index is 5.78. The highest BCUT2D eigenvalue weighted by atomic mass is 35.5. The molecule has 21 heavy (non-hydrogen) atoms. The van der Waals surface area contributed by atoms with Crippen LogP contribution in [-0.2, 0) is 6.54 Å². The summed E-state index contributed by atoms with van der Waals surface area (Å²) in [5.41, 5.74) is 1.09. The van der Waals surface area contributed by atoms with Crippen LogP contribution in [0.4, 0.5) is 0 Å². The predicted octanol–water partition coefficient (Wildman–Crippen LogP) is 4.35. The first-order chi connectivity index (χ1) is 10.0. The van der Waals surface area contributed by atoms with Crippen molar-refractivity contribution in [2.75, 3.05) is 19.8 Å². The van der Waals surface area contributed by atoms with E-state index in [1.54, 1.807) is 0 Å². The van der Waals surface area contributed by atoms with Gasteiger partial charge in [0.1, 0.15) is 18.1 Å². The van der Waals surface area contributed by atoms with Crippen molar-refractivity contribution in [2.45, 2.75) is 33.7 Å². The third-order valence-corrected chi connectivity index (χ3v) is 2.87. The lowest BCUT2D eigenvalue weighted by molar-refractivity contribution is 0.310. The summed E-state index contributed by atoms with van der Waals surface area (Å²) >= 11 is 5.78. The average molecular weight is 312 g/mol. The molecule has 0 fully saturated rings. The van der Waals surface area contributed by atoms with Gasteiger partial charge in [-0.2, -0.15) is 0 Å². The molecular weight excluding hydrogens is 286 g/mol. The van der Waals surface area contributed by atoms with Gasteiger partial charge in [0, 0.05) is 23.2 Å². The smallest absolute Gasteiger partial charge is 0.128 e. The molecule has 0 aliphatic heterocycles. The molecular formula is C17H26ClNO2. The van der Waals surface area contributed by atoms with Crippen molar-refractivity contribution >= 4 is 11.6 Å². The molecule has 0 radical (unpaired) electrons. The van der Waals surface area contributed by atoms with Crippen LogP contribution in [-0.4, -0.2) is 19.8 Å². The summed E-state index contributed by atoms with van der Waals surface area (Å²) in [6.45, 7) is 12.8. The van der Waals surface area contributed by atoms with Crippen molar-refractivity contribution in [3.05, 3.63) is 35.4 Å². The fraction of sp³-hybridized carbons (Fsp3) is 0.529. The van der Waals surface area contributed by atoms with Gasteiger partial charge in [-0.15, -0.1) is 0 Å². The molecule has 0 bridgehead atoms. The third kappa shape index (κ3) is 7.39. The van der Waals surface area contributed by atoms with Gasteiger partial charge in [0.15, 0.2) is 0 Å². The topological polar surface area (TPSA) is 30.5 Å². The number of rotatable bonds is 10. The highest BCUT2D eigenvalue weighted by molar-refractivity contribution is 6.29. The van der Waals surface area contributed by atoms with Gasteiger partial charge in [-0.3, -0.25) is 0 Å². The van der Waals surface area contributed by atoms with Gasteiger partial charge in [-0.1, -0.05) is 45.0 Å². The van der Waals surface area contributed by atoms with Crippen molar-refractivity contribution in [1.82, 2.24) is 5.32 Å². The van der Waals surface area contributed by atoms with E-state index in [0.29, 0.717) is 24.2 Å². The quantitative estimate of drug-likeness (QED) is 0.696. The summed E-state index contributed by atoms with van der Waals surface area (Å²) < 4.78 is 11.4. The Hall–Kier alpha value is -1.19. The number of hydrogen-bond acceptors (Lipinski definition) is 3. The maximum atomic E-state index is 5.78. The molecule has 0 heterocycles. The van der Waals surface area contributed by atoms with Crippen LogP contribution in [0.1, 0.15) is 32.8 Å². The zero-order valence-corrected chi connectivity index (χ0v) is 14.0. The zero-order valence-electron chi connectivity index (χ0n) is 13.2. The van der Waals surface area contributed by atoms with Gasteiger partial charge in [0.2, 0.25) is 0 Å². The van der Waals surface area contributed by atoms with E-state index < -0.39 is 0 Å². The lowest BCUT2D eigenvalue weighted by atomic mass is 10.1. The minimum Gasteiger partial charge on any atom is -0.493 e. The van der Waals surface area contributed by atoms with Gasteiger partial charge >= 0.3 is 0 Å². The minimum atomic E-state index is 0.302. The van der Waals surface area contributed by atoms with E-state index in [9.17, 15) is 0 Å². The van der Waals surface area contributed by atoms with Crippen LogP contribution in [0, 0.1) is 5.92 Å². The Balaban J connectivity index is 2.75. The normalized spacial score (nSPS) is 10.7.